The van der Waals surface area contributed by atoms with Crippen LogP contribution < -0.4 is 11.2 Å². The van der Waals surface area contributed by atoms with Crippen LogP contribution in [0.4, 0.5) is 0 Å². The Bertz CT molecular complexity index is 1330. The molecule has 0 aliphatic rings. The summed E-state index contributed by atoms with van der Waals surface area (Å²) in [6.45, 7) is 4.03. The average Bonchev–Trinajstić information content (AvgIpc) is 2.71. The van der Waals surface area contributed by atoms with Gasteiger partial charge in [0.1, 0.15) is 11.3 Å². The number of benzene rings is 2. The number of para-hydroxylation sites is 1. The van der Waals surface area contributed by atoms with Crippen molar-refractivity contribution in [2.24, 2.45) is 0 Å². The first-order valence-electron chi connectivity index (χ1n) is 9.37. The van der Waals surface area contributed by atoms with Crippen LogP contribution >= 0.6 is 11.8 Å². The van der Waals surface area contributed by atoms with E-state index >= 15 is 0 Å². The van der Waals surface area contributed by atoms with Crippen LogP contribution in [-0.4, -0.2) is 14.7 Å². The van der Waals surface area contributed by atoms with Crippen LogP contribution in [-0.2, 0) is 5.75 Å². The maximum Gasteiger partial charge on any atom is 0.336 e. The van der Waals surface area contributed by atoms with Crippen molar-refractivity contribution < 1.29 is 9.52 Å². The molecule has 0 radical (unpaired) electrons. The molecule has 4 rings (SSSR count). The number of fused-ring (bicyclic) bond motifs is 2. The first-order chi connectivity index (χ1) is 14.0. The van der Waals surface area contributed by atoms with Crippen LogP contribution in [0.15, 0.2) is 67.7 Å². The van der Waals surface area contributed by atoms with Gasteiger partial charge in [0.2, 0.25) is 0 Å². The third-order valence-electron chi connectivity index (χ3n) is 4.98. The summed E-state index contributed by atoms with van der Waals surface area (Å²) < 4.78 is 6.92. The van der Waals surface area contributed by atoms with E-state index in [4.69, 9.17) is 9.40 Å². The van der Waals surface area contributed by atoms with Crippen molar-refractivity contribution in [2.75, 3.05) is 0 Å². The van der Waals surface area contributed by atoms with Crippen molar-refractivity contribution in [3.8, 4) is 5.75 Å². The lowest BCUT2D eigenvalue weighted by Crippen LogP contribution is -2.26. The second kappa shape index (κ2) is 7.75. The molecule has 0 aliphatic heterocycles. The normalized spacial score (nSPS) is 12.5. The van der Waals surface area contributed by atoms with E-state index in [9.17, 15) is 14.7 Å². The lowest BCUT2D eigenvalue weighted by Gasteiger charge is -2.18. The maximum absolute atomic E-state index is 13.1. The average molecular weight is 408 g/mol. The van der Waals surface area contributed by atoms with Crippen LogP contribution in [0.5, 0.6) is 5.75 Å². The Kier molecular flexibility index (Phi) is 5.15. The van der Waals surface area contributed by atoms with Crippen molar-refractivity contribution in [3.63, 3.8) is 0 Å². The van der Waals surface area contributed by atoms with Gasteiger partial charge in [-0.1, -0.05) is 30.8 Å². The number of thioether (sulfide) groups is 1. The van der Waals surface area contributed by atoms with Crippen LogP contribution in [0.1, 0.15) is 31.9 Å². The fourth-order valence-corrected chi connectivity index (χ4v) is 4.37. The molecule has 29 heavy (non-hydrogen) atoms. The van der Waals surface area contributed by atoms with Crippen LogP contribution in [0, 0.1) is 0 Å². The third kappa shape index (κ3) is 3.65. The van der Waals surface area contributed by atoms with Gasteiger partial charge in [-0.15, -0.1) is 0 Å². The largest absolute Gasteiger partial charge is 0.508 e. The second-order valence-corrected chi connectivity index (χ2v) is 7.85. The minimum Gasteiger partial charge on any atom is -0.508 e. The highest BCUT2D eigenvalue weighted by Crippen LogP contribution is 2.29. The minimum atomic E-state index is -0.482. The van der Waals surface area contributed by atoms with E-state index in [0.717, 1.165) is 17.4 Å². The fourth-order valence-electron chi connectivity index (χ4n) is 3.28. The van der Waals surface area contributed by atoms with Gasteiger partial charge in [-0.3, -0.25) is 9.36 Å². The van der Waals surface area contributed by atoms with Gasteiger partial charge in [0.25, 0.3) is 5.56 Å². The van der Waals surface area contributed by atoms with Gasteiger partial charge in [0.15, 0.2) is 5.16 Å². The Morgan fingerprint density at radius 1 is 1.14 bits per heavy atom. The zero-order valence-electron chi connectivity index (χ0n) is 16.1. The number of nitrogens with zero attached hydrogens (tertiary/aromatic N) is 2. The smallest absolute Gasteiger partial charge is 0.336 e. The highest BCUT2D eigenvalue weighted by Gasteiger charge is 2.16. The molecule has 0 aliphatic carbocycles. The molecule has 2 aromatic carbocycles. The molecule has 0 amide bonds. The molecule has 2 heterocycles. The monoisotopic (exact) mass is 408 g/mol. The third-order valence-corrected chi connectivity index (χ3v) is 5.98. The Balaban J connectivity index is 1.80. The molecule has 0 unspecified atom stereocenters. The summed E-state index contributed by atoms with van der Waals surface area (Å²) in [4.78, 5) is 29.8. The molecule has 7 heteroatoms. The molecule has 6 nitrogen and oxygen atoms in total. The molecule has 1 N–H and O–H groups in total. The Morgan fingerprint density at radius 3 is 2.72 bits per heavy atom. The van der Waals surface area contributed by atoms with E-state index in [1.807, 2.05) is 32.0 Å². The zero-order valence-corrected chi connectivity index (χ0v) is 16.9. The summed E-state index contributed by atoms with van der Waals surface area (Å²) in [5.41, 5.74) is 1.21. The molecule has 0 spiro atoms. The van der Waals surface area contributed by atoms with E-state index < -0.39 is 5.63 Å². The van der Waals surface area contributed by atoms with Crippen LogP contribution in [0.3, 0.4) is 0 Å². The number of hydrogen-bond acceptors (Lipinski definition) is 6. The molecule has 148 valence electrons. The molecule has 4 aromatic rings. The molecular formula is C22H20N2O4S. The number of hydrogen-bond donors (Lipinski definition) is 1. The lowest BCUT2D eigenvalue weighted by molar-refractivity contribution is 0.468. The summed E-state index contributed by atoms with van der Waals surface area (Å²) >= 11 is 1.41. The van der Waals surface area contributed by atoms with Gasteiger partial charge in [-0.05, 0) is 43.2 Å². The van der Waals surface area contributed by atoms with E-state index in [0.29, 0.717) is 27.4 Å². The van der Waals surface area contributed by atoms with Gasteiger partial charge >= 0.3 is 5.63 Å². The van der Waals surface area contributed by atoms with Crippen LogP contribution in [0.25, 0.3) is 21.9 Å². The molecule has 0 bridgehead atoms. The van der Waals surface area contributed by atoms with Crippen molar-refractivity contribution in [1.29, 1.82) is 0 Å². The zero-order chi connectivity index (χ0) is 20.5. The Labute approximate surface area is 170 Å². The fraction of sp³-hybridized carbons (Fsp3) is 0.227. The first kappa shape index (κ1) is 19.3. The number of phenolic OH excluding ortho intramolecular Hbond substituents is 1. The highest BCUT2D eigenvalue weighted by molar-refractivity contribution is 7.98. The summed E-state index contributed by atoms with van der Waals surface area (Å²) in [6, 6.07) is 13.5. The molecule has 2 aromatic heterocycles. The number of rotatable bonds is 5. The van der Waals surface area contributed by atoms with Gasteiger partial charge in [0, 0.05) is 29.3 Å². The van der Waals surface area contributed by atoms with E-state index in [1.54, 1.807) is 22.8 Å². The van der Waals surface area contributed by atoms with Gasteiger partial charge in [-0.2, -0.15) is 0 Å². The minimum absolute atomic E-state index is 0.00311. The van der Waals surface area contributed by atoms with Crippen molar-refractivity contribution >= 4 is 33.6 Å². The molecule has 0 saturated heterocycles. The molecule has 0 saturated carbocycles. The lowest BCUT2D eigenvalue weighted by atomic mass is 10.1. The summed E-state index contributed by atoms with van der Waals surface area (Å²) in [5, 5.41) is 11.6. The Morgan fingerprint density at radius 2 is 1.93 bits per heavy atom. The summed E-state index contributed by atoms with van der Waals surface area (Å²) in [5.74, 6) is 0.473. The molecule has 0 fully saturated rings. The highest BCUT2D eigenvalue weighted by atomic mass is 32.2. The maximum atomic E-state index is 13.1. The van der Waals surface area contributed by atoms with Crippen molar-refractivity contribution in [2.45, 2.75) is 37.2 Å². The quantitative estimate of drug-likeness (QED) is 0.298. The Hall–Kier alpha value is -3.06. The van der Waals surface area contributed by atoms with Crippen molar-refractivity contribution in [3.05, 3.63) is 74.9 Å². The second-order valence-electron chi connectivity index (χ2n) is 6.90. The standard InChI is InChI=1S/C22H20N2O4S/c1-3-13(2)24-21(27)17-6-4-5-7-18(17)23-22(24)29-12-14-10-20(26)28-19-11-15(25)8-9-16(14)19/h4-11,13,25H,3,12H2,1-2H3/t13-/m1/s1. The van der Waals surface area contributed by atoms with E-state index in [2.05, 4.69) is 0 Å². The van der Waals surface area contributed by atoms with Crippen molar-refractivity contribution in [1.82, 2.24) is 9.55 Å². The van der Waals surface area contributed by atoms with E-state index in [-0.39, 0.29) is 17.4 Å². The summed E-state index contributed by atoms with van der Waals surface area (Å²) in [7, 11) is 0. The predicted molar refractivity (Wildman–Crippen MR) is 115 cm³/mol. The van der Waals surface area contributed by atoms with Crippen LogP contribution in [0.2, 0.25) is 0 Å². The SMILES string of the molecule is CC[C@@H](C)n1c(SCc2cc(=O)oc3cc(O)ccc23)nc2ccccc2c1=O. The topological polar surface area (TPSA) is 85.3 Å². The summed E-state index contributed by atoms with van der Waals surface area (Å²) in [6.07, 6.45) is 0.796. The number of aromatic hydroxyl groups is 1. The predicted octanol–water partition coefficient (Wildman–Crippen LogP) is 4.47. The number of aromatic nitrogens is 2. The van der Waals surface area contributed by atoms with Gasteiger partial charge in [-0.25, -0.2) is 9.78 Å². The number of phenols is 1. The van der Waals surface area contributed by atoms with E-state index in [1.165, 1.54) is 23.9 Å². The molecular weight excluding hydrogens is 388 g/mol. The van der Waals surface area contributed by atoms with Gasteiger partial charge in [0.05, 0.1) is 10.9 Å². The first-order valence-corrected chi connectivity index (χ1v) is 10.4. The molecule has 1 atom stereocenters. The van der Waals surface area contributed by atoms with Gasteiger partial charge < -0.3 is 9.52 Å².